The molecule has 5 rings (SSSR count). The molecule has 0 saturated carbocycles. The number of likely N-dealkylation sites (tertiary alicyclic amines) is 1. The first-order chi connectivity index (χ1) is 16.2. The Kier molecular flexibility index (Phi) is 6.16. The molecule has 0 bridgehead atoms. The van der Waals surface area contributed by atoms with Crippen LogP contribution in [0.15, 0.2) is 85.1 Å². The lowest BCUT2D eigenvalue weighted by atomic mass is 9.87. The summed E-state index contributed by atoms with van der Waals surface area (Å²) in [4.78, 5) is 15.3. The van der Waals surface area contributed by atoms with Gasteiger partial charge in [-0.2, -0.15) is 0 Å². The zero-order valence-electron chi connectivity index (χ0n) is 19.1. The van der Waals surface area contributed by atoms with Gasteiger partial charge in [0.25, 0.3) is 0 Å². The summed E-state index contributed by atoms with van der Waals surface area (Å²) in [7, 11) is 1.68. The minimum atomic E-state index is -0.00840. The van der Waals surface area contributed by atoms with Gasteiger partial charge in [-0.3, -0.25) is 4.79 Å². The Morgan fingerprint density at radius 2 is 1.61 bits per heavy atom. The second kappa shape index (κ2) is 9.53. The van der Waals surface area contributed by atoms with Gasteiger partial charge < -0.3 is 14.2 Å². The number of methoxy groups -OCH3 is 1. The van der Waals surface area contributed by atoms with Crippen LogP contribution >= 0.6 is 0 Å². The van der Waals surface area contributed by atoms with Crippen molar-refractivity contribution in [3.63, 3.8) is 0 Å². The van der Waals surface area contributed by atoms with E-state index in [1.54, 1.807) is 7.11 Å². The Morgan fingerprint density at radius 3 is 2.33 bits per heavy atom. The molecule has 3 aromatic carbocycles. The molecule has 4 nitrogen and oxygen atoms in total. The largest absolute Gasteiger partial charge is 0.497 e. The topological polar surface area (TPSA) is 34.5 Å². The molecule has 1 fully saturated rings. The van der Waals surface area contributed by atoms with Gasteiger partial charge >= 0.3 is 0 Å². The molecule has 0 N–H and O–H groups in total. The number of hydrogen-bond acceptors (Lipinski definition) is 2. The predicted molar refractivity (Wildman–Crippen MR) is 133 cm³/mol. The summed E-state index contributed by atoms with van der Waals surface area (Å²) in [5.74, 6) is 1.06. The number of nitrogens with zero attached hydrogens (tertiary/aromatic N) is 2. The molecule has 0 radical (unpaired) electrons. The van der Waals surface area contributed by atoms with Gasteiger partial charge in [-0.1, -0.05) is 60.7 Å². The molecule has 0 aliphatic carbocycles. The summed E-state index contributed by atoms with van der Waals surface area (Å²) in [6.07, 6.45) is 4.94. The van der Waals surface area contributed by atoms with Crippen molar-refractivity contribution in [2.45, 2.75) is 31.7 Å². The van der Waals surface area contributed by atoms with Crippen LogP contribution in [0.3, 0.4) is 0 Å². The maximum Gasteiger partial charge on any atom is 0.223 e. The SMILES string of the molecule is COc1ccc(C(CC(=O)N2CCCC2)c2cn(Cc3ccccc3)c3ccccc23)cc1. The van der Waals surface area contributed by atoms with Crippen LogP contribution in [0.1, 0.15) is 41.9 Å². The van der Waals surface area contributed by atoms with Crippen molar-refractivity contribution in [3.8, 4) is 5.75 Å². The molecule has 1 unspecified atom stereocenters. The van der Waals surface area contributed by atoms with Gasteiger partial charge in [0.2, 0.25) is 5.91 Å². The maximum atomic E-state index is 13.3. The van der Waals surface area contributed by atoms with E-state index in [1.165, 1.54) is 22.0 Å². The van der Waals surface area contributed by atoms with E-state index in [4.69, 9.17) is 4.74 Å². The lowest BCUT2D eigenvalue weighted by molar-refractivity contribution is -0.130. The number of fused-ring (bicyclic) bond motifs is 1. The molecule has 1 aliphatic rings. The lowest BCUT2D eigenvalue weighted by Crippen LogP contribution is -2.29. The van der Waals surface area contributed by atoms with Crippen LogP contribution < -0.4 is 4.74 Å². The molecular formula is C29H30N2O2. The summed E-state index contributed by atoms with van der Waals surface area (Å²) in [6.45, 7) is 2.56. The van der Waals surface area contributed by atoms with Crippen LogP contribution in [-0.4, -0.2) is 35.6 Å². The van der Waals surface area contributed by atoms with Crippen molar-refractivity contribution < 1.29 is 9.53 Å². The molecule has 4 heteroatoms. The van der Waals surface area contributed by atoms with Crippen molar-refractivity contribution in [1.82, 2.24) is 9.47 Å². The normalized spacial score (nSPS) is 14.5. The third-order valence-electron chi connectivity index (χ3n) is 6.75. The Morgan fingerprint density at radius 1 is 0.909 bits per heavy atom. The number of aromatic nitrogens is 1. The number of rotatable bonds is 7. The highest BCUT2D eigenvalue weighted by molar-refractivity contribution is 5.87. The highest BCUT2D eigenvalue weighted by atomic mass is 16.5. The molecule has 1 saturated heterocycles. The van der Waals surface area contributed by atoms with Gasteiger partial charge in [0, 0.05) is 49.1 Å². The Bertz CT molecular complexity index is 1220. The van der Waals surface area contributed by atoms with Crippen LogP contribution in [0.4, 0.5) is 0 Å². The predicted octanol–water partition coefficient (Wildman–Crippen LogP) is 5.84. The number of carbonyl (C=O) groups is 1. The summed E-state index contributed by atoms with van der Waals surface area (Å²) < 4.78 is 7.69. The van der Waals surface area contributed by atoms with Crippen LogP contribution in [-0.2, 0) is 11.3 Å². The Labute approximate surface area is 195 Å². The van der Waals surface area contributed by atoms with Gasteiger partial charge in [-0.15, -0.1) is 0 Å². The fourth-order valence-electron chi connectivity index (χ4n) is 4.98. The minimum absolute atomic E-state index is 0.00840. The van der Waals surface area contributed by atoms with Crippen LogP contribution in [0.2, 0.25) is 0 Å². The fourth-order valence-corrected chi connectivity index (χ4v) is 4.98. The third kappa shape index (κ3) is 4.51. The van der Waals surface area contributed by atoms with Crippen molar-refractivity contribution in [3.05, 3.63) is 102 Å². The Hall–Kier alpha value is -3.53. The molecule has 33 heavy (non-hydrogen) atoms. The number of para-hydroxylation sites is 1. The van der Waals surface area contributed by atoms with Gasteiger partial charge in [0.15, 0.2) is 0 Å². The van der Waals surface area contributed by atoms with Gasteiger partial charge in [0.05, 0.1) is 7.11 Å². The van der Waals surface area contributed by atoms with Crippen molar-refractivity contribution in [2.75, 3.05) is 20.2 Å². The third-order valence-corrected chi connectivity index (χ3v) is 6.75. The van der Waals surface area contributed by atoms with Crippen molar-refractivity contribution in [1.29, 1.82) is 0 Å². The maximum absolute atomic E-state index is 13.3. The molecule has 2 heterocycles. The van der Waals surface area contributed by atoms with E-state index in [9.17, 15) is 4.79 Å². The fraction of sp³-hybridized carbons (Fsp3) is 0.276. The summed E-state index contributed by atoms with van der Waals surface area (Å²) in [6, 6.07) is 27.2. The number of amides is 1. The zero-order chi connectivity index (χ0) is 22.6. The first kappa shape index (κ1) is 21.3. The standard InChI is InChI=1S/C29H30N2O2/c1-33-24-15-13-23(14-16-24)26(19-29(32)30-17-7-8-18-30)27-21-31(20-22-9-3-2-4-10-22)28-12-6-5-11-25(27)28/h2-6,9-16,21,26H,7-8,17-20H2,1H3. The summed E-state index contributed by atoms with van der Waals surface area (Å²) in [5.41, 5.74) is 4.81. The number of ether oxygens (including phenoxy) is 1. The summed E-state index contributed by atoms with van der Waals surface area (Å²) in [5, 5.41) is 1.21. The van der Waals surface area contributed by atoms with Gasteiger partial charge in [0.1, 0.15) is 5.75 Å². The van der Waals surface area contributed by atoms with E-state index in [2.05, 4.69) is 71.4 Å². The quantitative estimate of drug-likeness (QED) is 0.363. The molecule has 4 aromatic rings. The molecule has 168 valence electrons. The zero-order valence-corrected chi connectivity index (χ0v) is 19.1. The van der Waals surface area contributed by atoms with E-state index < -0.39 is 0 Å². The monoisotopic (exact) mass is 438 g/mol. The van der Waals surface area contributed by atoms with Crippen molar-refractivity contribution in [2.24, 2.45) is 0 Å². The van der Waals surface area contributed by atoms with E-state index in [1.807, 2.05) is 23.1 Å². The average molecular weight is 439 g/mol. The number of hydrogen-bond donors (Lipinski definition) is 0. The van der Waals surface area contributed by atoms with Crippen molar-refractivity contribution >= 4 is 16.8 Å². The van der Waals surface area contributed by atoms with E-state index in [-0.39, 0.29) is 11.8 Å². The smallest absolute Gasteiger partial charge is 0.223 e. The lowest BCUT2D eigenvalue weighted by Gasteiger charge is -2.21. The van der Waals surface area contributed by atoms with E-state index >= 15 is 0 Å². The number of carbonyl (C=O) groups excluding carboxylic acids is 1. The van der Waals surface area contributed by atoms with E-state index in [0.29, 0.717) is 6.42 Å². The second-order valence-electron chi connectivity index (χ2n) is 8.83. The highest BCUT2D eigenvalue weighted by Crippen LogP contribution is 2.36. The first-order valence-corrected chi connectivity index (χ1v) is 11.8. The average Bonchev–Trinajstić information content (AvgIpc) is 3.53. The van der Waals surface area contributed by atoms with Crippen LogP contribution in [0, 0.1) is 0 Å². The molecule has 1 aromatic heterocycles. The second-order valence-corrected chi connectivity index (χ2v) is 8.83. The first-order valence-electron chi connectivity index (χ1n) is 11.8. The molecule has 1 atom stereocenters. The highest BCUT2D eigenvalue weighted by Gasteiger charge is 2.26. The number of benzene rings is 3. The van der Waals surface area contributed by atoms with Crippen LogP contribution in [0.5, 0.6) is 5.75 Å². The molecular weight excluding hydrogens is 408 g/mol. The van der Waals surface area contributed by atoms with Gasteiger partial charge in [-0.05, 0) is 47.7 Å². The minimum Gasteiger partial charge on any atom is -0.497 e. The molecule has 1 aliphatic heterocycles. The molecule has 0 spiro atoms. The Balaban J connectivity index is 1.57. The molecule has 1 amide bonds. The van der Waals surface area contributed by atoms with Crippen LogP contribution in [0.25, 0.3) is 10.9 Å². The van der Waals surface area contributed by atoms with E-state index in [0.717, 1.165) is 43.8 Å². The summed E-state index contributed by atoms with van der Waals surface area (Å²) >= 11 is 0. The van der Waals surface area contributed by atoms with Gasteiger partial charge in [-0.25, -0.2) is 0 Å².